The van der Waals surface area contributed by atoms with E-state index in [2.05, 4.69) is 19.2 Å². The summed E-state index contributed by atoms with van der Waals surface area (Å²) in [5, 5.41) is 3.37. The third kappa shape index (κ3) is 4.19. The summed E-state index contributed by atoms with van der Waals surface area (Å²) in [7, 11) is -3.04. The molecule has 1 rings (SSSR count). The van der Waals surface area contributed by atoms with Crippen LogP contribution in [0.15, 0.2) is 0 Å². The van der Waals surface area contributed by atoms with E-state index in [9.17, 15) is 8.42 Å². The Morgan fingerprint density at radius 1 is 1.28 bits per heavy atom. The largest absolute Gasteiger partial charge is 0.329 e. The molecular formula is C12H27N3O2S. The molecule has 5 nitrogen and oxygen atoms in total. The fraction of sp³-hybridized carbons (Fsp3) is 1.00. The van der Waals surface area contributed by atoms with Crippen molar-refractivity contribution < 1.29 is 8.42 Å². The van der Waals surface area contributed by atoms with Crippen molar-refractivity contribution in [2.75, 3.05) is 25.4 Å². The van der Waals surface area contributed by atoms with Gasteiger partial charge in [0.05, 0.1) is 5.75 Å². The van der Waals surface area contributed by atoms with Crippen molar-refractivity contribution in [3.05, 3.63) is 0 Å². The lowest BCUT2D eigenvalue weighted by Gasteiger charge is -2.33. The van der Waals surface area contributed by atoms with Crippen LogP contribution in [0, 0.1) is 5.92 Å². The van der Waals surface area contributed by atoms with Crippen LogP contribution in [0.4, 0.5) is 0 Å². The summed E-state index contributed by atoms with van der Waals surface area (Å²) in [6, 6.07) is 0.253. The highest BCUT2D eigenvalue weighted by Gasteiger charge is 2.30. The molecule has 6 heteroatoms. The zero-order chi connectivity index (χ0) is 13.8. The number of sulfonamides is 1. The molecule has 0 saturated carbocycles. The van der Waals surface area contributed by atoms with E-state index in [-0.39, 0.29) is 12.1 Å². The highest BCUT2D eigenvalue weighted by atomic mass is 32.2. The van der Waals surface area contributed by atoms with E-state index in [0.717, 1.165) is 12.8 Å². The maximum atomic E-state index is 11.9. The maximum absolute atomic E-state index is 11.9. The molecular weight excluding hydrogens is 250 g/mol. The molecule has 0 aliphatic carbocycles. The minimum atomic E-state index is -3.04. The van der Waals surface area contributed by atoms with Gasteiger partial charge < -0.3 is 11.1 Å². The molecule has 0 amide bonds. The molecule has 0 radical (unpaired) electrons. The van der Waals surface area contributed by atoms with Crippen LogP contribution in [0.3, 0.4) is 0 Å². The molecule has 18 heavy (non-hydrogen) atoms. The first-order valence-corrected chi connectivity index (χ1v) is 8.42. The lowest BCUT2D eigenvalue weighted by molar-refractivity contribution is 0.288. The fourth-order valence-corrected chi connectivity index (χ4v) is 4.15. The summed E-state index contributed by atoms with van der Waals surface area (Å²) in [6.07, 6.45) is 1.75. The molecule has 0 unspecified atom stereocenters. The first kappa shape index (κ1) is 15.9. The summed E-state index contributed by atoms with van der Waals surface area (Å²) < 4.78 is 25.5. The molecule has 1 aliphatic rings. The topological polar surface area (TPSA) is 75.4 Å². The quantitative estimate of drug-likeness (QED) is 0.736. The van der Waals surface area contributed by atoms with Gasteiger partial charge in [-0.05, 0) is 25.7 Å². The van der Waals surface area contributed by atoms with Gasteiger partial charge in [0.2, 0.25) is 10.0 Å². The average Bonchev–Trinajstić information content (AvgIpc) is 2.28. The minimum Gasteiger partial charge on any atom is -0.329 e. The lowest BCUT2D eigenvalue weighted by Crippen LogP contribution is -2.51. The van der Waals surface area contributed by atoms with Gasteiger partial charge in [0.15, 0.2) is 0 Å². The molecule has 0 bridgehead atoms. The van der Waals surface area contributed by atoms with Gasteiger partial charge in [0, 0.05) is 31.7 Å². The normalized spacial score (nSPS) is 24.1. The van der Waals surface area contributed by atoms with Crippen molar-refractivity contribution in [3.8, 4) is 0 Å². The maximum Gasteiger partial charge on any atom is 0.214 e. The van der Waals surface area contributed by atoms with Crippen LogP contribution < -0.4 is 11.1 Å². The van der Waals surface area contributed by atoms with Crippen LogP contribution in [0.2, 0.25) is 0 Å². The molecule has 108 valence electrons. The Bertz CT molecular complexity index is 343. The third-order valence-corrected chi connectivity index (χ3v) is 5.68. The second kappa shape index (κ2) is 6.84. The zero-order valence-electron chi connectivity index (χ0n) is 11.7. The summed E-state index contributed by atoms with van der Waals surface area (Å²) in [5.41, 5.74) is 5.70. The van der Waals surface area contributed by atoms with Crippen LogP contribution >= 0.6 is 0 Å². The van der Waals surface area contributed by atoms with Gasteiger partial charge in [-0.1, -0.05) is 13.8 Å². The molecule has 0 spiro atoms. The Kier molecular flexibility index (Phi) is 6.04. The van der Waals surface area contributed by atoms with E-state index in [4.69, 9.17) is 5.73 Å². The summed E-state index contributed by atoms with van der Waals surface area (Å²) in [4.78, 5) is 0. The predicted octanol–water partition coefficient (Wildman–Crippen LogP) is 0.373. The van der Waals surface area contributed by atoms with Crippen molar-refractivity contribution in [1.82, 2.24) is 9.62 Å². The number of hydrogen-bond donors (Lipinski definition) is 2. The van der Waals surface area contributed by atoms with Gasteiger partial charge in [-0.3, -0.25) is 0 Å². The number of nitrogens with two attached hydrogens (primary N) is 1. The van der Waals surface area contributed by atoms with Gasteiger partial charge >= 0.3 is 0 Å². The molecule has 0 aromatic heterocycles. The van der Waals surface area contributed by atoms with Crippen LogP contribution in [0.1, 0.15) is 33.6 Å². The monoisotopic (exact) mass is 277 g/mol. The van der Waals surface area contributed by atoms with E-state index >= 15 is 0 Å². The summed E-state index contributed by atoms with van der Waals surface area (Å²) >= 11 is 0. The van der Waals surface area contributed by atoms with Gasteiger partial charge in [-0.2, -0.15) is 4.31 Å². The Hall–Kier alpha value is -0.170. The summed E-state index contributed by atoms with van der Waals surface area (Å²) in [5.74, 6) is 0.752. The van der Waals surface area contributed by atoms with Crippen LogP contribution in [0.25, 0.3) is 0 Å². The van der Waals surface area contributed by atoms with E-state index in [1.807, 2.05) is 6.92 Å². The number of nitrogens with one attached hydrogen (secondary N) is 1. The minimum absolute atomic E-state index is 0.00287. The second-order valence-corrected chi connectivity index (χ2v) is 7.52. The molecule has 1 saturated heterocycles. The number of nitrogens with zero attached hydrogens (tertiary/aromatic N) is 1. The van der Waals surface area contributed by atoms with Crippen molar-refractivity contribution in [2.45, 2.75) is 45.7 Å². The van der Waals surface area contributed by atoms with Crippen LogP contribution in [0.5, 0.6) is 0 Å². The smallest absolute Gasteiger partial charge is 0.214 e. The first-order chi connectivity index (χ1) is 8.38. The van der Waals surface area contributed by atoms with Crippen molar-refractivity contribution >= 4 is 10.0 Å². The highest BCUT2D eigenvalue weighted by Crippen LogP contribution is 2.16. The Balaban J connectivity index is 2.51. The van der Waals surface area contributed by atoms with E-state index in [1.54, 1.807) is 4.31 Å². The van der Waals surface area contributed by atoms with E-state index in [0.29, 0.717) is 31.3 Å². The van der Waals surface area contributed by atoms with Crippen molar-refractivity contribution in [1.29, 1.82) is 0 Å². The average molecular weight is 277 g/mol. The van der Waals surface area contributed by atoms with E-state index < -0.39 is 10.0 Å². The number of rotatable bonds is 6. The van der Waals surface area contributed by atoms with Gasteiger partial charge in [0.25, 0.3) is 0 Å². The second-order valence-electron chi connectivity index (χ2n) is 5.48. The zero-order valence-corrected chi connectivity index (χ0v) is 12.5. The van der Waals surface area contributed by atoms with Gasteiger partial charge in [0.1, 0.15) is 0 Å². The van der Waals surface area contributed by atoms with E-state index in [1.165, 1.54) is 0 Å². The Labute approximate surface area is 111 Å². The van der Waals surface area contributed by atoms with Gasteiger partial charge in [-0.15, -0.1) is 0 Å². The van der Waals surface area contributed by atoms with Gasteiger partial charge in [-0.25, -0.2) is 8.42 Å². The van der Waals surface area contributed by atoms with Crippen LogP contribution in [-0.2, 0) is 10.0 Å². The molecule has 1 heterocycles. The first-order valence-electron chi connectivity index (χ1n) is 6.81. The fourth-order valence-electron chi connectivity index (χ4n) is 2.32. The number of hydrogen-bond acceptors (Lipinski definition) is 4. The standard InChI is InChI=1S/C12H27N3O2S/c1-10(2)12(8-13)14-9-11(3)15-6-4-5-7-18(15,16)17/h10-12,14H,4-9,13H2,1-3H3/t11-,12+/m1/s1. The lowest BCUT2D eigenvalue weighted by atomic mass is 10.0. The highest BCUT2D eigenvalue weighted by molar-refractivity contribution is 7.89. The predicted molar refractivity (Wildman–Crippen MR) is 74.9 cm³/mol. The SMILES string of the molecule is CC(C)[C@H](CN)NC[C@@H](C)N1CCCCS1(=O)=O. The Morgan fingerprint density at radius 3 is 2.44 bits per heavy atom. The third-order valence-electron chi connectivity index (χ3n) is 3.61. The molecule has 1 fully saturated rings. The molecule has 1 aliphatic heterocycles. The molecule has 0 aromatic carbocycles. The molecule has 3 N–H and O–H groups in total. The summed E-state index contributed by atoms with van der Waals surface area (Å²) in [6.45, 7) is 8.10. The van der Waals surface area contributed by atoms with Crippen molar-refractivity contribution in [3.63, 3.8) is 0 Å². The van der Waals surface area contributed by atoms with Crippen molar-refractivity contribution in [2.24, 2.45) is 11.7 Å². The van der Waals surface area contributed by atoms with Crippen LogP contribution in [-0.4, -0.2) is 50.2 Å². The molecule has 2 atom stereocenters. The molecule has 0 aromatic rings. The Morgan fingerprint density at radius 2 is 1.94 bits per heavy atom.